The monoisotopic (exact) mass is 817 g/mol. The van der Waals surface area contributed by atoms with Gasteiger partial charge in [-0.05, 0) is 79.1 Å². The molecule has 58 heavy (non-hydrogen) atoms. The fourth-order valence-corrected chi connectivity index (χ4v) is 8.64. The van der Waals surface area contributed by atoms with E-state index >= 15 is 0 Å². The van der Waals surface area contributed by atoms with Crippen LogP contribution in [0.25, 0.3) is 11.6 Å². The van der Waals surface area contributed by atoms with Crippen molar-refractivity contribution in [2.75, 3.05) is 33.0 Å². The lowest BCUT2D eigenvalue weighted by Gasteiger charge is -2.48. The van der Waals surface area contributed by atoms with Crippen LogP contribution in [0.15, 0.2) is 34.0 Å². The summed E-state index contributed by atoms with van der Waals surface area (Å²) in [6.07, 6.45) is -4.73. The Hall–Kier alpha value is -3.55. The maximum Gasteiger partial charge on any atom is 0.316 e. The van der Waals surface area contributed by atoms with Crippen molar-refractivity contribution in [1.82, 2.24) is 14.9 Å². The number of fused-ring (bicyclic) bond motifs is 5. The fourth-order valence-electron chi connectivity index (χ4n) is 8.64. The number of oxime groups is 1. The predicted molar refractivity (Wildman–Crippen MR) is 211 cm³/mol. The lowest BCUT2D eigenvalue weighted by atomic mass is 9.73. The Morgan fingerprint density at radius 2 is 1.78 bits per heavy atom. The molecule has 5 heterocycles. The Morgan fingerprint density at radius 1 is 1.05 bits per heavy atom. The molecule has 3 fully saturated rings. The molecule has 0 amide bonds. The van der Waals surface area contributed by atoms with Crippen LogP contribution in [0.3, 0.4) is 0 Å². The number of nitrogen functional groups attached to an aromatic ring is 1. The fraction of sp³-hybridized carbons (Fsp3) is 0.732. The van der Waals surface area contributed by atoms with Gasteiger partial charge in [0.2, 0.25) is 5.89 Å². The molecule has 0 aliphatic carbocycles. The molecule has 3 saturated heterocycles. The average molecular weight is 818 g/mol. The molecular formula is C41H63N5O12. The molecule has 0 spiro atoms. The Bertz CT molecular complexity index is 1740. The highest BCUT2D eigenvalue weighted by atomic mass is 16.7. The largest absolute Gasteiger partial charge is 0.459 e. The van der Waals surface area contributed by atoms with Crippen LogP contribution in [0.2, 0.25) is 0 Å². The van der Waals surface area contributed by atoms with Gasteiger partial charge in [-0.1, -0.05) is 38.9 Å². The number of carbonyl (C=O) groups is 2. The number of anilines is 1. The Balaban J connectivity index is 1.57. The zero-order chi connectivity index (χ0) is 42.7. The summed E-state index contributed by atoms with van der Waals surface area (Å²) in [4.78, 5) is 44.5. The molecule has 14 atom stereocenters. The van der Waals surface area contributed by atoms with Crippen molar-refractivity contribution >= 4 is 23.3 Å². The lowest BCUT2D eigenvalue weighted by Crippen LogP contribution is -2.60. The second-order valence-electron chi connectivity index (χ2n) is 17.0. The molecular weight excluding hydrogens is 754 g/mol. The van der Waals surface area contributed by atoms with Crippen LogP contribution in [0.5, 0.6) is 0 Å². The number of esters is 1. The third kappa shape index (κ3) is 10.1. The van der Waals surface area contributed by atoms with Crippen molar-refractivity contribution in [1.29, 1.82) is 0 Å². The molecule has 17 nitrogen and oxygen atoms in total. The molecule has 5 N–H and O–H groups in total. The Morgan fingerprint density at radius 3 is 2.45 bits per heavy atom. The Labute approximate surface area is 340 Å². The van der Waals surface area contributed by atoms with Gasteiger partial charge in [0.1, 0.15) is 52.9 Å². The van der Waals surface area contributed by atoms with E-state index in [9.17, 15) is 24.9 Å². The summed E-state index contributed by atoms with van der Waals surface area (Å²) in [7, 11) is 3.72. The van der Waals surface area contributed by atoms with Crippen LogP contribution in [0, 0.1) is 23.7 Å². The van der Waals surface area contributed by atoms with Crippen LogP contribution in [-0.2, 0) is 44.7 Å². The zero-order valence-electron chi connectivity index (χ0n) is 35.4. The average Bonchev–Trinajstić information content (AvgIpc) is 3.65. The van der Waals surface area contributed by atoms with Gasteiger partial charge < -0.3 is 58.9 Å². The number of ketones is 1. The minimum absolute atomic E-state index is 0.106. The molecule has 1 unspecified atom stereocenters. The number of hydrogen-bond donors (Lipinski definition) is 4. The van der Waals surface area contributed by atoms with Crippen molar-refractivity contribution in [3.63, 3.8) is 0 Å². The van der Waals surface area contributed by atoms with Gasteiger partial charge in [-0.3, -0.25) is 9.59 Å². The number of hydrogen-bond acceptors (Lipinski definition) is 17. The number of aliphatic hydroxyl groups excluding tert-OH is 2. The van der Waals surface area contributed by atoms with E-state index in [1.54, 1.807) is 45.9 Å². The second-order valence-corrected chi connectivity index (χ2v) is 17.0. The first kappa shape index (κ1) is 45.5. The molecule has 3 aliphatic rings. The topological polar surface area (TPSA) is 231 Å². The molecule has 2 aromatic heterocycles. The highest BCUT2D eigenvalue weighted by molar-refractivity contribution is 6.00. The van der Waals surface area contributed by atoms with E-state index in [2.05, 4.69) is 15.1 Å². The second kappa shape index (κ2) is 18.8. The van der Waals surface area contributed by atoms with E-state index in [0.29, 0.717) is 23.6 Å². The first-order valence-corrected chi connectivity index (χ1v) is 20.2. The molecule has 0 saturated carbocycles. The molecule has 2 aromatic rings. The minimum atomic E-state index is -1.83. The molecule has 324 valence electrons. The molecule has 0 aromatic carbocycles. The van der Waals surface area contributed by atoms with Gasteiger partial charge in [-0.2, -0.15) is 0 Å². The van der Waals surface area contributed by atoms with E-state index in [4.69, 9.17) is 38.7 Å². The number of aliphatic hydroxyl groups is 3. The predicted octanol–water partition coefficient (Wildman–Crippen LogP) is 3.13. The number of aromatic nitrogens is 2. The normalized spacial score (nSPS) is 39.1. The smallest absolute Gasteiger partial charge is 0.316 e. The molecule has 17 heteroatoms. The number of Topliss-reactive ketones (excluding diaryl/α,β-unsaturated/α-hetero) is 1. The highest BCUT2D eigenvalue weighted by Crippen LogP contribution is 2.40. The van der Waals surface area contributed by atoms with Crippen LogP contribution in [0.4, 0.5) is 5.82 Å². The van der Waals surface area contributed by atoms with E-state index in [1.165, 1.54) is 20.1 Å². The summed E-state index contributed by atoms with van der Waals surface area (Å²) >= 11 is 0. The van der Waals surface area contributed by atoms with E-state index < -0.39 is 83.4 Å². The van der Waals surface area contributed by atoms with Gasteiger partial charge in [0.25, 0.3) is 0 Å². The summed E-state index contributed by atoms with van der Waals surface area (Å²) in [5.74, 6) is -4.29. The number of likely N-dealkylation sites (N-methyl/N-ethyl adjacent to an activating group) is 1. The van der Waals surface area contributed by atoms with Crippen LogP contribution < -0.4 is 5.73 Å². The van der Waals surface area contributed by atoms with Gasteiger partial charge >= 0.3 is 5.97 Å². The standard InChI is InChI=1S/C41H63N5O12/c1-11-30-41(8,51)36-23(4)32(47)21(2)16-40(7,54-19-27(18-52-36)45-55-20-26-17-53-37(43-26)28-13-12-14-31(42)44-28)35(24(5)33(48)25(6)38(50)57-30)58-39-34(49)29(46(9)10)15-22(3)56-39/h12-14,17,21-25,29-30,32,34-36,39,47,49,51H,11,15-16,18-20H2,1-10H3,(H2,42,44)/b45-27+/t21-,22-,23+,24+,25-,29+,30-,32+,34-,35-,36?,39-,40-,41-/m1/s1. The van der Waals surface area contributed by atoms with Crippen molar-refractivity contribution < 1.29 is 57.8 Å². The first-order chi connectivity index (χ1) is 27.3. The third-order valence-electron chi connectivity index (χ3n) is 12.0. The van der Waals surface area contributed by atoms with Gasteiger partial charge in [-0.25, -0.2) is 9.97 Å². The Kier molecular flexibility index (Phi) is 14.8. The first-order valence-electron chi connectivity index (χ1n) is 20.2. The van der Waals surface area contributed by atoms with Gasteiger partial charge in [0, 0.05) is 17.9 Å². The molecule has 0 radical (unpaired) electrons. The zero-order valence-corrected chi connectivity index (χ0v) is 35.4. The van der Waals surface area contributed by atoms with Crippen molar-refractivity contribution in [2.45, 2.75) is 141 Å². The number of rotatable bonds is 8. The number of nitrogens with zero attached hydrogens (tertiary/aromatic N) is 4. The van der Waals surface area contributed by atoms with E-state index in [1.807, 2.05) is 32.8 Å². The molecule has 5 rings (SSSR count). The third-order valence-corrected chi connectivity index (χ3v) is 12.0. The number of pyridine rings is 1. The molecule has 3 aliphatic heterocycles. The van der Waals surface area contributed by atoms with E-state index in [-0.39, 0.29) is 56.4 Å². The summed E-state index contributed by atoms with van der Waals surface area (Å²) < 4.78 is 37.7. The highest BCUT2D eigenvalue weighted by Gasteiger charge is 2.53. The van der Waals surface area contributed by atoms with Crippen molar-refractivity contribution in [3.8, 4) is 11.6 Å². The number of carbonyl (C=O) groups excluding carboxylic acids is 2. The van der Waals surface area contributed by atoms with Gasteiger partial charge in [0.15, 0.2) is 18.7 Å². The van der Waals surface area contributed by atoms with Crippen LogP contribution >= 0.6 is 0 Å². The minimum Gasteiger partial charge on any atom is -0.459 e. The SMILES string of the molecule is CC[C@H]1OC(=O)[C@H](C)C(=O)[C@H](C)[C@@H](O[C@H]2O[C@H](C)C[C@H](N(C)C)[C@H]2O)[C@@]2(C)C[C@@H](C)[C@H](O)[C@H](C)C(OC/C(=N\OCc3coc(-c4cccc(N)n4)n3)CO2)[C@]1(C)O. The van der Waals surface area contributed by atoms with Crippen LogP contribution in [-0.4, -0.2) is 135 Å². The molecule has 2 bridgehead atoms. The van der Waals surface area contributed by atoms with Gasteiger partial charge in [0.05, 0.1) is 43.2 Å². The quantitative estimate of drug-likeness (QED) is 0.170. The lowest BCUT2D eigenvalue weighted by molar-refractivity contribution is -0.297. The number of oxazole rings is 1. The summed E-state index contributed by atoms with van der Waals surface area (Å²) in [5.41, 5.74) is 3.72. The van der Waals surface area contributed by atoms with E-state index in [0.717, 1.165) is 0 Å². The summed E-state index contributed by atoms with van der Waals surface area (Å²) in [6, 6.07) is 4.78. The number of ether oxygens (including phenoxy) is 5. The number of nitrogens with two attached hydrogens (primary N) is 1. The van der Waals surface area contributed by atoms with Crippen molar-refractivity contribution in [3.05, 3.63) is 30.2 Å². The summed E-state index contributed by atoms with van der Waals surface area (Å²) in [6.45, 7) is 13.1. The number of cyclic esters (lactones) is 1. The van der Waals surface area contributed by atoms with Crippen LogP contribution in [0.1, 0.15) is 80.3 Å². The van der Waals surface area contributed by atoms with Gasteiger partial charge in [-0.15, -0.1) is 0 Å². The maximum atomic E-state index is 14.4. The maximum absolute atomic E-state index is 14.4. The van der Waals surface area contributed by atoms with Crippen molar-refractivity contribution in [2.24, 2.45) is 28.8 Å². The summed E-state index contributed by atoms with van der Waals surface area (Å²) in [5, 5.41) is 40.2.